The number of rotatable bonds is 11. The van der Waals surface area contributed by atoms with E-state index in [0.717, 1.165) is 18.4 Å². The Hall–Kier alpha value is -3.47. The molecule has 11 nitrogen and oxygen atoms in total. The van der Waals surface area contributed by atoms with Crippen LogP contribution in [0.4, 0.5) is 4.79 Å². The summed E-state index contributed by atoms with van der Waals surface area (Å²) < 4.78 is 5.01. The quantitative estimate of drug-likeness (QED) is 0.442. The molecule has 0 spiro atoms. The third-order valence-electron chi connectivity index (χ3n) is 4.92. The van der Waals surface area contributed by atoms with Crippen molar-refractivity contribution in [3.05, 3.63) is 35.9 Å². The van der Waals surface area contributed by atoms with E-state index >= 15 is 0 Å². The van der Waals surface area contributed by atoms with Gasteiger partial charge in [0.15, 0.2) is 0 Å². The second kappa shape index (κ2) is 12.4. The Bertz CT molecular complexity index is 824. The molecule has 2 rings (SSSR count). The average Bonchev–Trinajstić information content (AvgIpc) is 3.26. The number of carbonyl (C=O) groups excluding carboxylic acids is 3. The molecule has 1 aromatic rings. The Morgan fingerprint density at radius 3 is 2.28 bits per heavy atom. The summed E-state index contributed by atoms with van der Waals surface area (Å²) in [4.78, 5) is 62.4. The van der Waals surface area contributed by atoms with Crippen LogP contribution in [0.5, 0.6) is 0 Å². The summed E-state index contributed by atoms with van der Waals surface area (Å²) in [5, 5.41) is 20.7. The van der Waals surface area contributed by atoms with Crippen LogP contribution in [-0.2, 0) is 30.5 Å². The summed E-state index contributed by atoms with van der Waals surface area (Å²) in [6.45, 7) is 0.418. The molecule has 0 bridgehead atoms. The maximum absolute atomic E-state index is 12.8. The number of imide groups is 1. The molecule has 0 saturated carbocycles. The normalized spacial score (nSPS) is 14.4. The van der Waals surface area contributed by atoms with Gasteiger partial charge in [-0.15, -0.1) is 0 Å². The molecule has 32 heavy (non-hydrogen) atoms. The van der Waals surface area contributed by atoms with Crippen molar-refractivity contribution in [2.24, 2.45) is 0 Å². The molecule has 0 unspecified atom stereocenters. The number of hydrogen-bond donors (Lipinski definition) is 3. The van der Waals surface area contributed by atoms with Crippen molar-refractivity contribution < 1.29 is 38.9 Å². The van der Waals surface area contributed by atoms with Crippen molar-refractivity contribution in [1.82, 2.24) is 15.1 Å². The van der Waals surface area contributed by atoms with Gasteiger partial charge < -0.3 is 20.3 Å². The van der Waals surface area contributed by atoms with Crippen molar-refractivity contribution in [3.63, 3.8) is 0 Å². The first-order valence-electron chi connectivity index (χ1n) is 10.2. The lowest BCUT2D eigenvalue weighted by atomic mass is 10.1. The molecule has 174 valence electrons. The molecule has 1 aromatic carbocycles. The minimum atomic E-state index is -1.66. The molecule has 3 N–H and O–H groups in total. The van der Waals surface area contributed by atoms with Crippen molar-refractivity contribution in [2.45, 2.75) is 38.3 Å². The van der Waals surface area contributed by atoms with Crippen LogP contribution in [0.15, 0.2) is 30.3 Å². The number of benzene rings is 1. The second-order valence-corrected chi connectivity index (χ2v) is 7.34. The highest BCUT2D eigenvalue weighted by atomic mass is 16.5. The first kappa shape index (κ1) is 24.8. The monoisotopic (exact) mass is 449 g/mol. The molecule has 0 aliphatic carbocycles. The Kier molecular flexibility index (Phi) is 9.61. The van der Waals surface area contributed by atoms with Gasteiger partial charge in [-0.25, -0.2) is 9.59 Å². The molecule has 1 atom stereocenters. The predicted molar refractivity (Wildman–Crippen MR) is 110 cm³/mol. The van der Waals surface area contributed by atoms with Crippen LogP contribution in [0.2, 0.25) is 0 Å². The lowest BCUT2D eigenvalue weighted by Gasteiger charge is -2.28. The van der Waals surface area contributed by atoms with E-state index in [1.165, 1.54) is 0 Å². The summed E-state index contributed by atoms with van der Waals surface area (Å²) in [7, 11) is 0. The Labute approximate surface area is 184 Å². The Morgan fingerprint density at radius 1 is 1.03 bits per heavy atom. The third-order valence-corrected chi connectivity index (χ3v) is 4.92. The minimum absolute atomic E-state index is 0.0329. The zero-order valence-electron chi connectivity index (χ0n) is 17.6. The number of carbonyl (C=O) groups is 5. The van der Waals surface area contributed by atoms with Gasteiger partial charge in [0, 0.05) is 6.42 Å². The number of ether oxygens (including phenoxy) is 1. The van der Waals surface area contributed by atoms with E-state index in [4.69, 9.17) is 9.84 Å². The van der Waals surface area contributed by atoms with Crippen LogP contribution in [0.25, 0.3) is 0 Å². The fraction of sp³-hybridized carbons (Fsp3) is 0.476. The van der Waals surface area contributed by atoms with Gasteiger partial charge in [-0.05, 0) is 37.9 Å². The molecule has 0 radical (unpaired) electrons. The molecule has 1 heterocycles. The molecule has 1 aliphatic rings. The van der Waals surface area contributed by atoms with Gasteiger partial charge in [-0.2, -0.15) is 0 Å². The first-order chi connectivity index (χ1) is 15.3. The molecule has 11 heteroatoms. The average molecular weight is 449 g/mol. The van der Waals surface area contributed by atoms with Gasteiger partial charge in [-0.3, -0.25) is 24.2 Å². The molecule has 3 amide bonds. The molecule has 1 fully saturated rings. The van der Waals surface area contributed by atoms with Gasteiger partial charge in [0.25, 0.3) is 0 Å². The topological polar surface area (TPSA) is 154 Å². The minimum Gasteiger partial charge on any atom is -0.481 e. The van der Waals surface area contributed by atoms with Crippen LogP contribution >= 0.6 is 0 Å². The summed E-state index contributed by atoms with van der Waals surface area (Å²) in [6, 6.07) is 7.18. The number of carboxylic acid groups (broad SMARTS) is 2. The first-order valence-corrected chi connectivity index (χ1v) is 10.2. The molecular formula is C21H27N3O8. The van der Waals surface area contributed by atoms with E-state index < -0.39 is 55.3 Å². The molecule has 1 aliphatic heterocycles. The largest absolute Gasteiger partial charge is 0.481 e. The number of alkyl carbamates (subject to hydrolysis) is 1. The van der Waals surface area contributed by atoms with E-state index in [2.05, 4.69) is 5.32 Å². The van der Waals surface area contributed by atoms with E-state index in [1.54, 1.807) is 35.2 Å². The number of aliphatic carboxylic acids is 2. The van der Waals surface area contributed by atoms with Gasteiger partial charge in [0.1, 0.15) is 19.2 Å². The van der Waals surface area contributed by atoms with Crippen LogP contribution in [-0.4, -0.2) is 82.1 Å². The third kappa shape index (κ3) is 7.99. The number of nitrogens with zero attached hydrogens (tertiary/aromatic N) is 2. The Morgan fingerprint density at radius 2 is 1.69 bits per heavy atom. The van der Waals surface area contributed by atoms with E-state index in [1.807, 2.05) is 0 Å². The summed E-state index contributed by atoms with van der Waals surface area (Å²) >= 11 is 0. The number of nitrogens with one attached hydrogen (secondary N) is 1. The van der Waals surface area contributed by atoms with Crippen LogP contribution in [0, 0.1) is 0 Å². The van der Waals surface area contributed by atoms with Crippen molar-refractivity contribution in [2.75, 3.05) is 26.2 Å². The zero-order valence-corrected chi connectivity index (χ0v) is 17.6. The van der Waals surface area contributed by atoms with Crippen LogP contribution in [0.3, 0.4) is 0 Å². The maximum Gasteiger partial charge on any atom is 0.407 e. The highest BCUT2D eigenvalue weighted by molar-refractivity contribution is 6.01. The van der Waals surface area contributed by atoms with Crippen LogP contribution in [0.1, 0.15) is 31.2 Å². The van der Waals surface area contributed by atoms with Gasteiger partial charge >= 0.3 is 18.0 Å². The SMILES string of the molecule is O=C(O)CC[C@@H](C(=O)O)N(C(=O)CNC(=O)OCc1ccccc1)C(=O)CN1CCCC1. The lowest BCUT2D eigenvalue weighted by Crippen LogP contribution is -2.54. The number of likely N-dealkylation sites (tertiary alicyclic amines) is 1. The van der Waals surface area contributed by atoms with Gasteiger partial charge in [0.2, 0.25) is 11.8 Å². The fourth-order valence-corrected chi connectivity index (χ4v) is 3.33. The molecular weight excluding hydrogens is 422 g/mol. The fourth-order valence-electron chi connectivity index (χ4n) is 3.33. The number of hydrogen-bond acceptors (Lipinski definition) is 7. The maximum atomic E-state index is 12.8. The van der Waals surface area contributed by atoms with Crippen LogP contribution < -0.4 is 5.32 Å². The number of carboxylic acids is 2. The zero-order chi connectivity index (χ0) is 23.5. The summed E-state index contributed by atoms with van der Waals surface area (Å²) in [5.41, 5.74) is 0.732. The van der Waals surface area contributed by atoms with Gasteiger partial charge in [-0.1, -0.05) is 30.3 Å². The van der Waals surface area contributed by atoms with E-state index in [-0.39, 0.29) is 13.2 Å². The molecule has 1 saturated heterocycles. The highest BCUT2D eigenvalue weighted by Crippen LogP contribution is 2.13. The predicted octanol–water partition coefficient (Wildman–Crippen LogP) is 0.682. The standard InChI is InChI=1S/C21H27N3O8/c25-17(12-22-21(31)32-14-15-6-2-1-3-7-15)24(16(20(29)30)8-9-19(27)28)18(26)13-23-10-4-5-11-23/h1-3,6-7,16H,4-5,8-14H2,(H,22,31)(H,27,28)(H,29,30)/t16-/m0/s1. The lowest BCUT2D eigenvalue weighted by molar-refractivity contribution is -0.159. The van der Waals surface area contributed by atoms with Crippen molar-refractivity contribution >= 4 is 29.8 Å². The second-order valence-electron chi connectivity index (χ2n) is 7.34. The summed E-state index contributed by atoms with van der Waals surface area (Å²) in [5.74, 6) is -4.46. The van der Waals surface area contributed by atoms with Crippen molar-refractivity contribution in [3.8, 4) is 0 Å². The van der Waals surface area contributed by atoms with E-state index in [0.29, 0.717) is 18.0 Å². The van der Waals surface area contributed by atoms with E-state index in [9.17, 15) is 29.1 Å². The van der Waals surface area contributed by atoms with Gasteiger partial charge in [0.05, 0.1) is 6.54 Å². The number of amides is 3. The van der Waals surface area contributed by atoms with Crippen molar-refractivity contribution in [1.29, 1.82) is 0 Å². The molecule has 0 aromatic heterocycles. The smallest absolute Gasteiger partial charge is 0.407 e. The summed E-state index contributed by atoms with van der Waals surface area (Å²) in [6.07, 6.45) is -0.119. The highest BCUT2D eigenvalue weighted by Gasteiger charge is 2.36. The Balaban J connectivity index is 2.02.